The first kappa shape index (κ1) is 15.4. The van der Waals surface area contributed by atoms with Gasteiger partial charge in [0, 0.05) is 23.2 Å². The van der Waals surface area contributed by atoms with Gasteiger partial charge in [-0.1, -0.05) is 6.07 Å². The average Bonchev–Trinajstić information content (AvgIpc) is 3.34. The number of amides is 1. The van der Waals surface area contributed by atoms with E-state index in [1.165, 1.54) is 4.88 Å². The molecule has 0 N–H and O–H groups in total. The highest BCUT2D eigenvalue weighted by molar-refractivity contribution is 7.10. The summed E-state index contributed by atoms with van der Waals surface area (Å²) >= 11 is 1.79. The van der Waals surface area contributed by atoms with Gasteiger partial charge in [0.05, 0.1) is 17.7 Å². The maximum Gasteiger partial charge on any atom is 0.244 e. The van der Waals surface area contributed by atoms with Crippen LogP contribution in [0.3, 0.4) is 0 Å². The molecule has 5 heteroatoms. The number of thiophene rings is 1. The Kier molecular flexibility index (Phi) is 4.09. The molecule has 0 bridgehead atoms. The van der Waals surface area contributed by atoms with Crippen LogP contribution in [-0.4, -0.2) is 29.9 Å². The van der Waals surface area contributed by atoms with Crippen LogP contribution >= 0.6 is 11.3 Å². The van der Waals surface area contributed by atoms with Gasteiger partial charge < -0.3 is 4.90 Å². The van der Waals surface area contributed by atoms with Crippen molar-refractivity contribution in [3.05, 3.63) is 52.2 Å². The Labute approximate surface area is 145 Å². The minimum atomic E-state index is -0.0183. The second-order valence-corrected chi connectivity index (χ2v) is 7.34. The second-order valence-electron chi connectivity index (χ2n) is 6.36. The molecule has 4 nitrogen and oxygen atoms in total. The van der Waals surface area contributed by atoms with Crippen molar-refractivity contribution in [2.75, 3.05) is 18.0 Å². The molecule has 2 fully saturated rings. The van der Waals surface area contributed by atoms with Crippen molar-refractivity contribution in [1.29, 1.82) is 5.26 Å². The molecule has 0 unspecified atom stereocenters. The number of rotatable bonds is 3. The predicted molar refractivity (Wildman–Crippen MR) is 94.9 cm³/mol. The van der Waals surface area contributed by atoms with Gasteiger partial charge in [-0.15, -0.1) is 11.3 Å². The minimum absolute atomic E-state index is 0.0183. The lowest BCUT2D eigenvalue weighted by molar-refractivity contribution is -0.122. The van der Waals surface area contributed by atoms with Crippen LogP contribution in [0.2, 0.25) is 0 Å². The van der Waals surface area contributed by atoms with Gasteiger partial charge in [-0.05, 0) is 61.5 Å². The summed E-state index contributed by atoms with van der Waals surface area (Å²) in [5.41, 5.74) is 1.52. The van der Waals surface area contributed by atoms with Gasteiger partial charge >= 0.3 is 0 Å². The zero-order valence-corrected chi connectivity index (χ0v) is 14.2. The monoisotopic (exact) mass is 337 g/mol. The van der Waals surface area contributed by atoms with Gasteiger partial charge in [0.25, 0.3) is 0 Å². The number of benzene rings is 1. The van der Waals surface area contributed by atoms with Crippen molar-refractivity contribution in [2.45, 2.75) is 31.3 Å². The summed E-state index contributed by atoms with van der Waals surface area (Å²) in [6.07, 6.45) is 3.17. The number of hydrogen-bond donors (Lipinski definition) is 0. The van der Waals surface area contributed by atoms with E-state index in [1.807, 2.05) is 17.0 Å². The number of nitriles is 1. The van der Waals surface area contributed by atoms with E-state index >= 15 is 0 Å². The van der Waals surface area contributed by atoms with E-state index < -0.39 is 0 Å². The topological polar surface area (TPSA) is 47.3 Å². The molecule has 1 amide bonds. The molecule has 24 heavy (non-hydrogen) atoms. The number of likely N-dealkylation sites (tertiary alicyclic amines) is 1. The first-order valence-electron chi connectivity index (χ1n) is 8.38. The number of anilines is 1. The highest BCUT2D eigenvalue weighted by Crippen LogP contribution is 2.38. The van der Waals surface area contributed by atoms with Crippen LogP contribution in [0, 0.1) is 11.3 Å². The Morgan fingerprint density at radius 3 is 2.62 bits per heavy atom. The molecule has 0 radical (unpaired) electrons. The van der Waals surface area contributed by atoms with Gasteiger partial charge in [0.2, 0.25) is 5.91 Å². The quantitative estimate of drug-likeness (QED) is 0.860. The average molecular weight is 337 g/mol. The van der Waals surface area contributed by atoms with Gasteiger partial charge in [0.1, 0.15) is 0 Å². The van der Waals surface area contributed by atoms with E-state index in [9.17, 15) is 4.79 Å². The third-order valence-corrected chi connectivity index (χ3v) is 6.02. The van der Waals surface area contributed by atoms with E-state index in [4.69, 9.17) is 5.26 Å². The van der Waals surface area contributed by atoms with Crippen molar-refractivity contribution >= 4 is 22.9 Å². The molecular formula is C19H19N3OS. The molecule has 2 saturated heterocycles. The molecule has 122 valence electrons. The Balaban J connectivity index is 1.53. The van der Waals surface area contributed by atoms with Gasteiger partial charge in [-0.25, -0.2) is 0 Å². The molecule has 1 aromatic heterocycles. The zero-order chi connectivity index (χ0) is 16.5. The molecule has 4 rings (SSSR count). The normalized spacial score (nSPS) is 24.5. The number of carbonyl (C=O) groups is 1. The lowest BCUT2D eigenvalue weighted by atomic mass is 10.1. The molecule has 2 aromatic rings. The molecule has 1 aromatic carbocycles. The fraction of sp³-hybridized carbons (Fsp3) is 0.368. The predicted octanol–water partition coefficient (Wildman–Crippen LogP) is 3.56. The Bertz CT molecular complexity index is 763. The first-order chi connectivity index (χ1) is 11.8. The maximum absolute atomic E-state index is 13.0. The molecule has 2 aliphatic rings. The number of carbonyl (C=O) groups excluding carboxylic acids is 1. The summed E-state index contributed by atoms with van der Waals surface area (Å²) < 4.78 is 0. The molecule has 2 aliphatic heterocycles. The lowest BCUT2D eigenvalue weighted by Gasteiger charge is -2.29. The fourth-order valence-corrected chi connectivity index (χ4v) is 4.78. The van der Waals surface area contributed by atoms with E-state index in [-0.39, 0.29) is 11.9 Å². The molecule has 3 heterocycles. The van der Waals surface area contributed by atoms with Crippen LogP contribution < -0.4 is 4.90 Å². The summed E-state index contributed by atoms with van der Waals surface area (Å²) in [6.45, 7) is 1.75. The van der Waals surface area contributed by atoms with Crippen molar-refractivity contribution in [3.63, 3.8) is 0 Å². The summed E-state index contributed by atoms with van der Waals surface area (Å²) in [4.78, 5) is 18.6. The van der Waals surface area contributed by atoms with E-state index in [2.05, 4.69) is 28.5 Å². The molecular weight excluding hydrogens is 318 g/mol. The van der Waals surface area contributed by atoms with E-state index in [0.717, 1.165) is 38.0 Å². The Morgan fingerprint density at radius 2 is 1.92 bits per heavy atom. The Hall–Kier alpha value is -2.16. The minimum Gasteiger partial charge on any atom is -0.311 e. The van der Waals surface area contributed by atoms with Crippen LogP contribution in [0.5, 0.6) is 0 Å². The largest absolute Gasteiger partial charge is 0.311 e. The van der Waals surface area contributed by atoms with Crippen LogP contribution in [0.4, 0.5) is 5.69 Å². The Morgan fingerprint density at radius 1 is 1.08 bits per heavy atom. The summed E-state index contributed by atoms with van der Waals surface area (Å²) in [5, 5.41) is 11.0. The summed E-state index contributed by atoms with van der Waals surface area (Å²) in [5.74, 6) is 0.197. The molecule has 0 saturated carbocycles. The third kappa shape index (κ3) is 2.62. The van der Waals surface area contributed by atoms with Crippen LogP contribution in [0.25, 0.3) is 0 Å². The zero-order valence-electron chi connectivity index (χ0n) is 13.4. The van der Waals surface area contributed by atoms with Crippen molar-refractivity contribution in [2.24, 2.45) is 0 Å². The lowest BCUT2D eigenvalue weighted by Crippen LogP contribution is -2.41. The van der Waals surface area contributed by atoms with Gasteiger partial charge in [-0.3, -0.25) is 9.69 Å². The number of nitrogens with zero attached hydrogens (tertiary/aromatic N) is 3. The van der Waals surface area contributed by atoms with Crippen LogP contribution in [0.15, 0.2) is 41.8 Å². The van der Waals surface area contributed by atoms with E-state index in [0.29, 0.717) is 11.6 Å². The molecule has 0 aliphatic carbocycles. The van der Waals surface area contributed by atoms with Crippen molar-refractivity contribution < 1.29 is 4.79 Å². The summed E-state index contributed by atoms with van der Waals surface area (Å²) in [6, 6.07) is 14.1. The molecule has 2 atom stereocenters. The number of hydrogen-bond acceptors (Lipinski definition) is 4. The van der Waals surface area contributed by atoms with E-state index in [1.54, 1.807) is 23.5 Å². The fourth-order valence-electron chi connectivity index (χ4n) is 3.89. The van der Waals surface area contributed by atoms with Gasteiger partial charge in [0.15, 0.2) is 0 Å². The summed E-state index contributed by atoms with van der Waals surface area (Å²) in [7, 11) is 0. The maximum atomic E-state index is 13.0. The van der Waals surface area contributed by atoms with Crippen LogP contribution in [-0.2, 0) is 4.79 Å². The SMILES string of the molecule is N#Cc1ccc(N2CC[C@@H](N3CCC[C@@H]3c3cccs3)C2=O)cc1. The van der Waals surface area contributed by atoms with Crippen LogP contribution in [0.1, 0.15) is 35.7 Å². The standard InChI is InChI=1S/C19H19N3OS/c20-13-14-5-7-15(8-6-14)21-11-9-17(19(21)23)22-10-1-3-16(22)18-4-2-12-24-18/h2,4-8,12,16-17H,1,3,9-11H2/t16-,17-/m1/s1. The smallest absolute Gasteiger partial charge is 0.244 e. The second kappa shape index (κ2) is 6.39. The highest BCUT2D eigenvalue weighted by atomic mass is 32.1. The first-order valence-corrected chi connectivity index (χ1v) is 9.26. The third-order valence-electron chi connectivity index (χ3n) is 5.05. The highest BCUT2D eigenvalue weighted by Gasteiger charge is 2.41. The molecule has 0 spiro atoms. The van der Waals surface area contributed by atoms with Crippen molar-refractivity contribution in [3.8, 4) is 6.07 Å². The van der Waals surface area contributed by atoms with Crippen molar-refractivity contribution in [1.82, 2.24) is 4.90 Å². The van der Waals surface area contributed by atoms with Gasteiger partial charge in [-0.2, -0.15) is 5.26 Å².